The van der Waals surface area contributed by atoms with Gasteiger partial charge < -0.3 is 15.0 Å². The average molecular weight is 676 g/mol. The van der Waals surface area contributed by atoms with E-state index >= 15 is 0 Å². The summed E-state index contributed by atoms with van der Waals surface area (Å²) in [6.45, 7) is 9.47. The first-order chi connectivity index (χ1) is 22.7. The Morgan fingerprint density at radius 2 is 1.75 bits per heavy atom. The molecule has 3 aromatic rings. The van der Waals surface area contributed by atoms with E-state index in [1.165, 1.54) is 35.3 Å². The fourth-order valence-electron chi connectivity index (χ4n) is 5.76. The Labute approximate surface area is 283 Å². The van der Waals surface area contributed by atoms with Gasteiger partial charge in [-0.3, -0.25) is 34.9 Å². The summed E-state index contributed by atoms with van der Waals surface area (Å²) in [7, 11) is 0. The van der Waals surface area contributed by atoms with Gasteiger partial charge in [-0.05, 0) is 71.6 Å². The van der Waals surface area contributed by atoms with E-state index in [1.54, 1.807) is 25.7 Å². The number of hydrazine groups is 1. The second-order valence-electron chi connectivity index (χ2n) is 13.3. The molecule has 0 bridgehead atoms. The molecule has 0 aliphatic carbocycles. The van der Waals surface area contributed by atoms with Crippen molar-refractivity contribution in [2.24, 2.45) is 0 Å². The highest BCUT2D eigenvalue weighted by Crippen LogP contribution is 2.35. The molecule has 0 radical (unpaired) electrons. The van der Waals surface area contributed by atoms with Crippen LogP contribution in [0.25, 0.3) is 0 Å². The number of amides is 5. The molecule has 13 nitrogen and oxygen atoms in total. The van der Waals surface area contributed by atoms with Crippen molar-refractivity contribution in [3.8, 4) is 0 Å². The number of benzene rings is 1. The van der Waals surface area contributed by atoms with E-state index in [0.717, 1.165) is 29.1 Å². The molecule has 5 rings (SSSR count). The highest BCUT2D eigenvalue weighted by Gasteiger charge is 2.38. The Kier molecular flexibility index (Phi) is 10.1. The molecule has 48 heavy (non-hydrogen) atoms. The largest absolute Gasteiger partial charge is 0.444 e. The number of nitrogens with zero attached hydrogens (tertiary/aromatic N) is 4. The van der Waals surface area contributed by atoms with Crippen LogP contribution in [0.3, 0.4) is 0 Å². The van der Waals surface area contributed by atoms with Crippen molar-refractivity contribution in [3.05, 3.63) is 75.4 Å². The second kappa shape index (κ2) is 14.1. The topological polar surface area (TPSA) is 163 Å². The van der Waals surface area contributed by atoms with Crippen LogP contribution in [0.1, 0.15) is 96.5 Å². The van der Waals surface area contributed by atoms with E-state index in [0.29, 0.717) is 25.9 Å². The minimum Gasteiger partial charge on any atom is -0.444 e. The molecule has 2 atom stereocenters. The number of aromatic nitrogens is 2. The Bertz CT molecular complexity index is 1710. The molecule has 0 saturated carbocycles. The van der Waals surface area contributed by atoms with Gasteiger partial charge in [0, 0.05) is 42.6 Å². The molecule has 0 unspecified atom stereocenters. The number of alkyl carbamates (subject to hydrolysis) is 1. The van der Waals surface area contributed by atoms with Crippen LogP contribution in [0.5, 0.6) is 0 Å². The van der Waals surface area contributed by atoms with Crippen LogP contribution in [0.4, 0.5) is 10.6 Å². The van der Waals surface area contributed by atoms with Gasteiger partial charge in [0.25, 0.3) is 17.7 Å². The van der Waals surface area contributed by atoms with Crippen LogP contribution in [-0.4, -0.2) is 68.8 Å². The molecule has 2 aromatic heterocycles. The molecule has 14 heteroatoms. The Balaban J connectivity index is 1.38. The zero-order chi connectivity index (χ0) is 34.6. The molecule has 2 saturated heterocycles. The van der Waals surface area contributed by atoms with E-state index < -0.39 is 29.0 Å². The minimum absolute atomic E-state index is 0.00404. The average Bonchev–Trinajstić information content (AvgIpc) is 3.79. The standard InChI is InChI=1S/C34H41N7O6S/c1-21-20-48-29(35-21)25-13-9-15-40(25)30(44)24-17-23(18-26(36-24)41-16-10-14-27(41)42)28(43)38-39-31(45)34(5,19-22-11-7-6-8-12-22)37-32(46)47-33(2,3)4/h6-8,11-12,17-18,20,25H,9-10,13-16,19H2,1-5H3,(H,37,46)(H,38,43)(H,39,45)/t25-,34-/m1/s1. The van der Waals surface area contributed by atoms with Crippen LogP contribution < -0.4 is 21.1 Å². The number of carbonyl (C=O) groups excluding carboxylic acids is 5. The van der Waals surface area contributed by atoms with Crippen LogP contribution in [0.2, 0.25) is 0 Å². The predicted molar refractivity (Wildman–Crippen MR) is 179 cm³/mol. The number of nitrogens with one attached hydrogen (secondary N) is 3. The van der Waals surface area contributed by atoms with Gasteiger partial charge in [-0.1, -0.05) is 30.3 Å². The lowest BCUT2D eigenvalue weighted by Gasteiger charge is -2.31. The molecule has 0 spiro atoms. The number of anilines is 1. The van der Waals surface area contributed by atoms with Gasteiger partial charge in [0.2, 0.25) is 5.91 Å². The van der Waals surface area contributed by atoms with Crippen LogP contribution in [0, 0.1) is 6.92 Å². The van der Waals surface area contributed by atoms with Crippen LogP contribution >= 0.6 is 11.3 Å². The molecule has 5 amide bonds. The van der Waals surface area contributed by atoms with Gasteiger partial charge in [0.05, 0.1) is 6.04 Å². The fraction of sp³-hybridized carbons (Fsp3) is 0.441. The lowest BCUT2D eigenvalue weighted by molar-refractivity contribution is -0.128. The van der Waals surface area contributed by atoms with E-state index in [-0.39, 0.29) is 41.4 Å². The molecular formula is C34H41N7O6S. The third kappa shape index (κ3) is 8.16. The first kappa shape index (κ1) is 34.5. The molecule has 1 aromatic carbocycles. The highest BCUT2D eigenvalue weighted by atomic mass is 32.1. The lowest BCUT2D eigenvalue weighted by Crippen LogP contribution is -2.61. The monoisotopic (exact) mass is 675 g/mol. The Morgan fingerprint density at radius 3 is 2.40 bits per heavy atom. The molecule has 2 aliphatic rings. The summed E-state index contributed by atoms with van der Waals surface area (Å²) in [5.41, 5.74) is 4.19. The quantitative estimate of drug-likeness (QED) is 0.299. The van der Waals surface area contributed by atoms with Crippen molar-refractivity contribution in [3.63, 3.8) is 0 Å². The number of ether oxygens (including phenoxy) is 1. The number of pyridine rings is 1. The lowest BCUT2D eigenvalue weighted by atomic mass is 9.92. The smallest absolute Gasteiger partial charge is 0.408 e. The normalized spacial score (nSPS) is 17.5. The predicted octanol–water partition coefficient (Wildman–Crippen LogP) is 4.24. The molecule has 3 N–H and O–H groups in total. The maximum atomic E-state index is 13.9. The summed E-state index contributed by atoms with van der Waals surface area (Å²) in [5.74, 6) is -1.80. The van der Waals surface area contributed by atoms with Crippen LogP contribution in [-0.2, 0) is 20.7 Å². The number of hydrogen-bond donors (Lipinski definition) is 3. The zero-order valence-electron chi connectivity index (χ0n) is 27.8. The number of hydrogen-bond acceptors (Lipinski definition) is 9. The Hall–Kier alpha value is -4.85. The summed E-state index contributed by atoms with van der Waals surface area (Å²) in [5, 5.41) is 5.43. The summed E-state index contributed by atoms with van der Waals surface area (Å²) >= 11 is 1.50. The van der Waals surface area contributed by atoms with Crippen LogP contribution in [0.15, 0.2) is 47.8 Å². The Morgan fingerprint density at radius 1 is 1.00 bits per heavy atom. The van der Waals surface area contributed by atoms with Gasteiger partial charge in [0.15, 0.2) is 0 Å². The van der Waals surface area contributed by atoms with Gasteiger partial charge in [0.1, 0.15) is 27.7 Å². The maximum absolute atomic E-state index is 13.9. The number of aryl methyl sites for hydroxylation is 1. The summed E-state index contributed by atoms with van der Waals surface area (Å²) in [6, 6.07) is 11.7. The zero-order valence-corrected chi connectivity index (χ0v) is 28.6. The van der Waals surface area contributed by atoms with Crippen molar-refractivity contribution in [1.29, 1.82) is 0 Å². The third-order valence-corrected chi connectivity index (χ3v) is 9.11. The maximum Gasteiger partial charge on any atom is 0.408 e. The van der Waals surface area contributed by atoms with Gasteiger partial charge in [-0.2, -0.15) is 0 Å². The van der Waals surface area contributed by atoms with Gasteiger partial charge in [-0.25, -0.2) is 14.8 Å². The molecule has 4 heterocycles. The summed E-state index contributed by atoms with van der Waals surface area (Å²) in [4.78, 5) is 78.8. The number of thiazole rings is 1. The number of rotatable bonds is 8. The first-order valence-electron chi connectivity index (χ1n) is 15.9. The van der Waals surface area contributed by atoms with Crippen molar-refractivity contribution in [1.82, 2.24) is 31.0 Å². The number of carbonyl (C=O) groups is 5. The van der Waals surface area contributed by atoms with Crippen molar-refractivity contribution in [2.75, 3.05) is 18.0 Å². The fourth-order valence-corrected chi connectivity index (χ4v) is 6.70. The second-order valence-corrected chi connectivity index (χ2v) is 14.2. The first-order valence-corrected chi connectivity index (χ1v) is 16.8. The molecule has 2 aliphatic heterocycles. The van der Waals surface area contributed by atoms with Crippen molar-refractivity contribution < 1.29 is 28.7 Å². The summed E-state index contributed by atoms with van der Waals surface area (Å²) in [6.07, 6.45) is 1.80. The van der Waals surface area contributed by atoms with E-state index in [2.05, 4.69) is 26.1 Å². The van der Waals surface area contributed by atoms with Gasteiger partial charge in [-0.15, -0.1) is 11.3 Å². The van der Waals surface area contributed by atoms with Crippen molar-refractivity contribution >= 4 is 46.9 Å². The highest BCUT2D eigenvalue weighted by molar-refractivity contribution is 7.09. The van der Waals surface area contributed by atoms with Crippen molar-refractivity contribution in [2.45, 2.75) is 83.9 Å². The SMILES string of the molecule is Cc1csc([C@H]2CCCN2C(=O)c2cc(C(=O)NNC(=O)[C@@](C)(Cc3ccccc3)NC(=O)OC(C)(C)C)cc(N3CCCC3=O)n2)n1. The van der Waals surface area contributed by atoms with E-state index in [4.69, 9.17) is 4.74 Å². The van der Waals surface area contributed by atoms with Gasteiger partial charge >= 0.3 is 6.09 Å². The van der Waals surface area contributed by atoms with E-state index in [1.807, 2.05) is 42.6 Å². The van der Waals surface area contributed by atoms with E-state index in [9.17, 15) is 24.0 Å². The molecule has 2 fully saturated rings. The molecule has 254 valence electrons. The minimum atomic E-state index is -1.53. The summed E-state index contributed by atoms with van der Waals surface area (Å²) < 4.78 is 5.41. The third-order valence-electron chi connectivity index (χ3n) is 8.05. The number of likely N-dealkylation sites (tertiary alicyclic amines) is 1. The molecular weight excluding hydrogens is 634 g/mol.